The maximum Gasteiger partial charge on any atom is 0.240 e. The molecular weight excluding hydrogens is 280 g/mol. The minimum absolute atomic E-state index is 0.0160. The number of nitrogens with one attached hydrogen (secondary N) is 1. The Morgan fingerprint density at radius 2 is 1.68 bits per heavy atom. The molecule has 3 N–H and O–H groups in total. The van der Waals surface area contributed by atoms with E-state index in [9.17, 15) is 9.59 Å². The van der Waals surface area contributed by atoms with Gasteiger partial charge in [-0.1, -0.05) is 20.8 Å². The molecule has 2 atom stereocenters. The molecule has 6 heteroatoms. The van der Waals surface area contributed by atoms with Gasteiger partial charge in [-0.25, -0.2) is 0 Å². The molecule has 1 aliphatic carbocycles. The standard InChI is InChI=1S/C16H30N4O2/c1-11(14(21)18-12-5-6-12)19-7-9-20(10-8-19)15(22)13(17)16(2,3)4/h11-13H,5-10,17H2,1-4H3,(H,18,21)/t11?,13-/m1/s1. The summed E-state index contributed by atoms with van der Waals surface area (Å²) in [5, 5.41) is 3.04. The highest BCUT2D eigenvalue weighted by atomic mass is 16.2. The van der Waals surface area contributed by atoms with Crippen LogP contribution in [0.15, 0.2) is 0 Å². The van der Waals surface area contributed by atoms with Gasteiger partial charge in [0.05, 0.1) is 12.1 Å². The fraction of sp³-hybridized carbons (Fsp3) is 0.875. The molecule has 22 heavy (non-hydrogen) atoms. The van der Waals surface area contributed by atoms with E-state index in [-0.39, 0.29) is 23.3 Å². The van der Waals surface area contributed by atoms with E-state index in [2.05, 4.69) is 10.2 Å². The lowest BCUT2D eigenvalue weighted by molar-refractivity contribution is -0.137. The Labute approximate surface area is 133 Å². The van der Waals surface area contributed by atoms with Crippen LogP contribution in [0.1, 0.15) is 40.5 Å². The summed E-state index contributed by atoms with van der Waals surface area (Å²) in [7, 11) is 0. The number of piperazine rings is 1. The first-order valence-electron chi connectivity index (χ1n) is 8.29. The molecule has 0 bridgehead atoms. The van der Waals surface area contributed by atoms with Gasteiger partial charge in [-0.2, -0.15) is 0 Å². The first kappa shape index (κ1) is 17.2. The van der Waals surface area contributed by atoms with E-state index in [0.717, 1.165) is 25.9 Å². The third-order valence-corrected chi connectivity index (χ3v) is 4.68. The van der Waals surface area contributed by atoms with Crippen LogP contribution >= 0.6 is 0 Å². The average molecular weight is 310 g/mol. The summed E-state index contributed by atoms with van der Waals surface area (Å²) in [5.41, 5.74) is 5.83. The third-order valence-electron chi connectivity index (χ3n) is 4.68. The van der Waals surface area contributed by atoms with E-state index in [1.807, 2.05) is 32.6 Å². The van der Waals surface area contributed by atoms with Crippen molar-refractivity contribution in [1.82, 2.24) is 15.1 Å². The minimum Gasteiger partial charge on any atom is -0.352 e. The molecule has 6 nitrogen and oxygen atoms in total. The SMILES string of the molecule is CC(C(=O)NC1CC1)N1CCN(C(=O)[C@@H](N)C(C)(C)C)CC1. The third kappa shape index (κ3) is 4.20. The topological polar surface area (TPSA) is 78.7 Å². The van der Waals surface area contributed by atoms with Crippen molar-refractivity contribution in [2.24, 2.45) is 11.1 Å². The van der Waals surface area contributed by atoms with E-state index in [1.54, 1.807) is 0 Å². The predicted molar refractivity (Wildman–Crippen MR) is 86.2 cm³/mol. The van der Waals surface area contributed by atoms with E-state index in [1.165, 1.54) is 0 Å². The van der Waals surface area contributed by atoms with Gasteiger partial charge < -0.3 is 16.0 Å². The second-order valence-corrected chi connectivity index (χ2v) is 7.66. The molecule has 0 aromatic rings. The first-order valence-corrected chi connectivity index (χ1v) is 8.29. The molecule has 2 rings (SSSR count). The number of amides is 2. The highest BCUT2D eigenvalue weighted by Crippen LogP contribution is 2.21. The molecule has 1 saturated carbocycles. The van der Waals surface area contributed by atoms with Crippen LogP contribution < -0.4 is 11.1 Å². The molecule has 0 radical (unpaired) electrons. The molecule has 0 aromatic heterocycles. The highest BCUT2D eigenvalue weighted by Gasteiger charge is 2.34. The van der Waals surface area contributed by atoms with Crippen LogP contribution in [0.25, 0.3) is 0 Å². The van der Waals surface area contributed by atoms with E-state index in [4.69, 9.17) is 5.73 Å². The van der Waals surface area contributed by atoms with Gasteiger partial charge in [0, 0.05) is 32.2 Å². The van der Waals surface area contributed by atoms with Crippen molar-refractivity contribution in [2.75, 3.05) is 26.2 Å². The fourth-order valence-electron chi connectivity index (χ4n) is 2.61. The molecule has 0 spiro atoms. The van der Waals surface area contributed by atoms with Gasteiger partial charge in [0.15, 0.2) is 0 Å². The van der Waals surface area contributed by atoms with Crippen molar-refractivity contribution < 1.29 is 9.59 Å². The maximum absolute atomic E-state index is 12.4. The predicted octanol–water partition coefficient (Wildman–Crippen LogP) is 0.171. The van der Waals surface area contributed by atoms with Crippen molar-refractivity contribution in [3.05, 3.63) is 0 Å². The largest absolute Gasteiger partial charge is 0.352 e. The van der Waals surface area contributed by atoms with Crippen molar-refractivity contribution >= 4 is 11.8 Å². The zero-order valence-electron chi connectivity index (χ0n) is 14.3. The number of hydrogen-bond donors (Lipinski definition) is 2. The van der Waals surface area contributed by atoms with Gasteiger partial charge >= 0.3 is 0 Å². The van der Waals surface area contributed by atoms with Crippen LogP contribution in [0, 0.1) is 5.41 Å². The van der Waals surface area contributed by atoms with Gasteiger partial charge in [0.1, 0.15) is 0 Å². The van der Waals surface area contributed by atoms with E-state index in [0.29, 0.717) is 19.1 Å². The van der Waals surface area contributed by atoms with Crippen molar-refractivity contribution in [3.63, 3.8) is 0 Å². The number of nitrogens with zero attached hydrogens (tertiary/aromatic N) is 2. The van der Waals surface area contributed by atoms with E-state index < -0.39 is 6.04 Å². The number of nitrogens with two attached hydrogens (primary N) is 1. The zero-order chi connectivity index (χ0) is 16.5. The zero-order valence-corrected chi connectivity index (χ0v) is 14.3. The van der Waals surface area contributed by atoms with Gasteiger partial charge in [-0.15, -0.1) is 0 Å². The molecular formula is C16H30N4O2. The number of carbonyl (C=O) groups excluding carboxylic acids is 2. The van der Waals surface area contributed by atoms with Crippen LogP contribution in [0.4, 0.5) is 0 Å². The van der Waals surface area contributed by atoms with E-state index >= 15 is 0 Å². The van der Waals surface area contributed by atoms with Gasteiger partial charge in [0.2, 0.25) is 11.8 Å². The average Bonchev–Trinajstić information content (AvgIpc) is 3.28. The molecule has 2 fully saturated rings. The molecule has 1 heterocycles. The first-order chi connectivity index (χ1) is 10.2. The molecule has 1 saturated heterocycles. The second kappa shape index (κ2) is 6.54. The summed E-state index contributed by atoms with van der Waals surface area (Å²) in [6, 6.07) is -0.216. The van der Waals surface area contributed by atoms with Crippen LogP contribution in [0.5, 0.6) is 0 Å². The summed E-state index contributed by atoms with van der Waals surface area (Å²) < 4.78 is 0. The molecule has 2 aliphatic rings. The lowest BCUT2D eigenvalue weighted by Gasteiger charge is -2.39. The van der Waals surface area contributed by atoms with Crippen molar-refractivity contribution in [1.29, 1.82) is 0 Å². The fourth-order valence-corrected chi connectivity index (χ4v) is 2.61. The number of rotatable bonds is 4. The summed E-state index contributed by atoms with van der Waals surface area (Å²) in [5.74, 6) is 0.121. The van der Waals surface area contributed by atoms with Crippen molar-refractivity contribution in [3.8, 4) is 0 Å². The lowest BCUT2D eigenvalue weighted by Crippen LogP contribution is -2.58. The quantitative estimate of drug-likeness (QED) is 0.776. The molecule has 2 amide bonds. The lowest BCUT2D eigenvalue weighted by atomic mass is 9.86. The smallest absolute Gasteiger partial charge is 0.240 e. The highest BCUT2D eigenvalue weighted by molar-refractivity contribution is 5.83. The van der Waals surface area contributed by atoms with Crippen LogP contribution in [0.3, 0.4) is 0 Å². The normalized spacial score (nSPS) is 23.0. The van der Waals surface area contributed by atoms with Gasteiger partial charge in [0.25, 0.3) is 0 Å². The van der Waals surface area contributed by atoms with Crippen LogP contribution in [0.2, 0.25) is 0 Å². The second-order valence-electron chi connectivity index (χ2n) is 7.66. The monoisotopic (exact) mass is 310 g/mol. The Bertz CT molecular complexity index is 420. The minimum atomic E-state index is -0.477. The Morgan fingerprint density at radius 1 is 1.14 bits per heavy atom. The summed E-state index contributed by atoms with van der Waals surface area (Å²) in [6.07, 6.45) is 2.21. The molecule has 1 unspecified atom stereocenters. The maximum atomic E-state index is 12.4. The summed E-state index contributed by atoms with van der Waals surface area (Å²) in [4.78, 5) is 28.5. The summed E-state index contributed by atoms with van der Waals surface area (Å²) >= 11 is 0. The Kier molecular flexibility index (Phi) is 5.12. The van der Waals surface area contributed by atoms with Crippen molar-refractivity contribution in [2.45, 2.75) is 58.7 Å². The van der Waals surface area contributed by atoms with Gasteiger partial charge in [-0.05, 0) is 25.2 Å². The van der Waals surface area contributed by atoms with Crippen LogP contribution in [-0.4, -0.2) is 65.9 Å². The Balaban J connectivity index is 1.81. The molecule has 0 aromatic carbocycles. The Morgan fingerprint density at radius 3 is 2.14 bits per heavy atom. The molecule has 1 aliphatic heterocycles. The number of hydrogen-bond acceptors (Lipinski definition) is 4. The number of carbonyl (C=O) groups is 2. The Hall–Kier alpha value is -1.14. The molecule has 126 valence electrons. The van der Waals surface area contributed by atoms with Crippen LogP contribution in [-0.2, 0) is 9.59 Å². The van der Waals surface area contributed by atoms with Gasteiger partial charge in [-0.3, -0.25) is 14.5 Å². The summed E-state index contributed by atoms with van der Waals surface area (Å²) in [6.45, 7) is 10.6.